The second-order valence-electron chi connectivity index (χ2n) is 10.5. The highest BCUT2D eigenvalue weighted by Crippen LogP contribution is 2.66. The highest BCUT2D eigenvalue weighted by atomic mass is 16.6. The molecule has 3 aliphatic rings. The molecule has 3 fully saturated rings. The van der Waals surface area contributed by atoms with Crippen LogP contribution in [0.1, 0.15) is 67.2 Å². The van der Waals surface area contributed by atoms with E-state index < -0.39 is 17.6 Å². The Morgan fingerprint density at radius 3 is 2.40 bits per heavy atom. The molecule has 6 heteroatoms. The van der Waals surface area contributed by atoms with Crippen molar-refractivity contribution in [2.24, 2.45) is 34.5 Å². The smallest absolute Gasteiger partial charge is 0.320 e. The number of rotatable bonds is 5. The standard InChI is InChI=1S/C24H36O6/c1-13(2)10-18(25)29-17-9-8-15(5)23(7)12-24(16(6)11-28-22(24)27)20(19(17)23)30-21(26)14(3)4/h13-15,17,19-20H,6,8-12H2,1-5,7H3/t15-,17-,19+,20+,23+,24+/m0/s1. The highest BCUT2D eigenvalue weighted by molar-refractivity contribution is 5.86. The van der Waals surface area contributed by atoms with Crippen LogP contribution in [-0.2, 0) is 28.6 Å². The van der Waals surface area contributed by atoms with Gasteiger partial charge in [0.2, 0.25) is 0 Å². The fourth-order valence-corrected chi connectivity index (χ4v) is 5.70. The predicted octanol–water partition coefficient (Wildman–Crippen LogP) is 4.07. The van der Waals surface area contributed by atoms with E-state index in [1.807, 2.05) is 13.8 Å². The molecule has 1 heterocycles. The maximum atomic E-state index is 13.1. The van der Waals surface area contributed by atoms with E-state index in [4.69, 9.17) is 14.2 Å². The Morgan fingerprint density at radius 2 is 1.87 bits per heavy atom. The van der Waals surface area contributed by atoms with Gasteiger partial charge in [-0.05, 0) is 42.1 Å². The van der Waals surface area contributed by atoms with Gasteiger partial charge in [-0.15, -0.1) is 0 Å². The van der Waals surface area contributed by atoms with Gasteiger partial charge in [0.1, 0.15) is 24.2 Å². The lowest BCUT2D eigenvalue weighted by atomic mass is 9.61. The van der Waals surface area contributed by atoms with Gasteiger partial charge in [-0.3, -0.25) is 14.4 Å². The van der Waals surface area contributed by atoms with Crippen LogP contribution < -0.4 is 0 Å². The van der Waals surface area contributed by atoms with Crippen molar-refractivity contribution in [3.63, 3.8) is 0 Å². The van der Waals surface area contributed by atoms with Crippen LogP contribution in [0.3, 0.4) is 0 Å². The zero-order valence-corrected chi connectivity index (χ0v) is 19.2. The van der Waals surface area contributed by atoms with Crippen molar-refractivity contribution in [3.05, 3.63) is 12.2 Å². The third kappa shape index (κ3) is 3.56. The fraction of sp³-hybridized carbons (Fsp3) is 0.792. The van der Waals surface area contributed by atoms with Gasteiger partial charge in [-0.25, -0.2) is 0 Å². The van der Waals surface area contributed by atoms with Gasteiger partial charge in [0.25, 0.3) is 0 Å². The number of carbonyl (C=O) groups is 3. The summed E-state index contributed by atoms with van der Waals surface area (Å²) in [6.07, 6.45) is 1.28. The third-order valence-corrected chi connectivity index (χ3v) is 7.59. The first-order chi connectivity index (χ1) is 13.9. The third-order valence-electron chi connectivity index (χ3n) is 7.59. The van der Waals surface area contributed by atoms with Crippen LogP contribution in [0.25, 0.3) is 0 Å². The van der Waals surface area contributed by atoms with Crippen LogP contribution in [-0.4, -0.2) is 36.7 Å². The molecule has 1 spiro atoms. The summed E-state index contributed by atoms with van der Waals surface area (Å²) < 4.78 is 17.4. The molecule has 2 saturated carbocycles. The molecule has 0 aromatic rings. The van der Waals surface area contributed by atoms with Crippen molar-refractivity contribution in [2.75, 3.05) is 6.61 Å². The molecule has 168 valence electrons. The number of esters is 3. The summed E-state index contributed by atoms with van der Waals surface area (Å²) >= 11 is 0. The Labute approximate surface area is 179 Å². The average molecular weight is 421 g/mol. The molecule has 0 amide bonds. The van der Waals surface area contributed by atoms with Gasteiger partial charge >= 0.3 is 17.9 Å². The summed E-state index contributed by atoms with van der Waals surface area (Å²) in [6, 6.07) is 0. The van der Waals surface area contributed by atoms with E-state index in [2.05, 4.69) is 20.4 Å². The molecule has 1 aliphatic heterocycles. The summed E-state index contributed by atoms with van der Waals surface area (Å²) in [7, 11) is 0. The van der Waals surface area contributed by atoms with Crippen LogP contribution in [0.15, 0.2) is 12.2 Å². The van der Waals surface area contributed by atoms with Crippen LogP contribution in [0.5, 0.6) is 0 Å². The van der Waals surface area contributed by atoms with Crippen LogP contribution >= 0.6 is 0 Å². The first-order valence-corrected chi connectivity index (χ1v) is 11.2. The lowest BCUT2D eigenvalue weighted by Crippen LogP contribution is -2.50. The van der Waals surface area contributed by atoms with Crippen molar-refractivity contribution in [2.45, 2.75) is 79.4 Å². The van der Waals surface area contributed by atoms with E-state index in [-0.39, 0.29) is 53.6 Å². The van der Waals surface area contributed by atoms with Gasteiger partial charge < -0.3 is 14.2 Å². The van der Waals surface area contributed by atoms with Crippen molar-refractivity contribution in [1.29, 1.82) is 0 Å². The molecular weight excluding hydrogens is 384 g/mol. The zero-order valence-electron chi connectivity index (χ0n) is 19.2. The van der Waals surface area contributed by atoms with Gasteiger partial charge in [0, 0.05) is 12.3 Å². The molecular formula is C24H36O6. The first kappa shape index (κ1) is 22.8. The summed E-state index contributed by atoms with van der Waals surface area (Å²) in [4.78, 5) is 38.3. The number of carbonyl (C=O) groups excluding carboxylic acids is 3. The summed E-state index contributed by atoms with van der Waals surface area (Å²) in [5.74, 6) is -1.10. The highest BCUT2D eigenvalue weighted by Gasteiger charge is 2.72. The summed E-state index contributed by atoms with van der Waals surface area (Å²) in [5, 5.41) is 0. The van der Waals surface area contributed by atoms with E-state index in [1.165, 1.54) is 0 Å². The summed E-state index contributed by atoms with van der Waals surface area (Å²) in [6.45, 7) is 16.1. The molecule has 0 aromatic heterocycles. The molecule has 0 bridgehead atoms. The van der Waals surface area contributed by atoms with E-state index >= 15 is 0 Å². The maximum Gasteiger partial charge on any atom is 0.320 e. The van der Waals surface area contributed by atoms with Crippen LogP contribution in [0.2, 0.25) is 0 Å². The Bertz CT molecular complexity index is 722. The second-order valence-corrected chi connectivity index (χ2v) is 10.5. The average Bonchev–Trinajstić information content (AvgIpc) is 3.07. The molecule has 2 aliphatic carbocycles. The monoisotopic (exact) mass is 420 g/mol. The van der Waals surface area contributed by atoms with E-state index in [0.717, 1.165) is 6.42 Å². The van der Waals surface area contributed by atoms with Gasteiger partial charge in [-0.1, -0.05) is 48.1 Å². The Kier molecular flexibility index (Phi) is 6.09. The van der Waals surface area contributed by atoms with E-state index in [0.29, 0.717) is 24.8 Å². The molecule has 3 rings (SSSR count). The Balaban J connectivity index is 2.04. The van der Waals surface area contributed by atoms with Gasteiger partial charge in [0.15, 0.2) is 0 Å². The zero-order chi connectivity index (χ0) is 22.4. The van der Waals surface area contributed by atoms with Crippen molar-refractivity contribution in [3.8, 4) is 0 Å². The summed E-state index contributed by atoms with van der Waals surface area (Å²) in [5.41, 5.74) is -0.746. The van der Waals surface area contributed by atoms with Crippen LogP contribution in [0, 0.1) is 34.5 Å². The van der Waals surface area contributed by atoms with Gasteiger partial charge in [-0.2, -0.15) is 0 Å². The van der Waals surface area contributed by atoms with Crippen molar-refractivity contribution in [1.82, 2.24) is 0 Å². The molecule has 6 atom stereocenters. The SMILES string of the molecule is C=C1COC(=O)[C@]12C[C@@]1(C)[C@H]([C@@H](OC(=O)CC(C)C)CC[C@@H]1C)[C@H]2OC(=O)C(C)C. The first-order valence-electron chi connectivity index (χ1n) is 11.2. The van der Waals surface area contributed by atoms with Crippen molar-refractivity contribution >= 4 is 17.9 Å². The quantitative estimate of drug-likeness (QED) is 0.379. The predicted molar refractivity (Wildman–Crippen MR) is 111 cm³/mol. The normalized spacial score (nSPS) is 38.1. The number of hydrogen-bond donors (Lipinski definition) is 0. The molecule has 0 radical (unpaired) electrons. The Hall–Kier alpha value is -1.85. The Morgan fingerprint density at radius 1 is 1.20 bits per heavy atom. The van der Waals surface area contributed by atoms with E-state index in [1.54, 1.807) is 13.8 Å². The minimum Gasteiger partial charge on any atom is -0.462 e. The minimum atomic E-state index is -1.06. The molecule has 30 heavy (non-hydrogen) atoms. The number of cyclic esters (lactones) is 1. The van der Waals surface area contributed by atoms with Crippen LogP contribution in [0.4, 0.5) is 0 Å². The number of ether oxygens (including phenoxy) is 3. The van der Waals surface area contributed by atoms with Crippen molar-refractivity contribution < 1.29 is 28.6 Å². The van der Waals surface area contributed by atoms with Gasteiger partial charge in [0.05, 0.1) is 5.92 Å². The largest absolute Gasteiger partial charge is 0.462 e. The molecule has 0 aromatic carbocycles. The lowest BCUT2D eigenvalue weighted by molar-refractivity contribution is -0.178. The molecule has 1 saturated heterocycles. The molecule has 0 unspecified atom stereocenters. The molecule has 6 nitrogen and oxygen atoms in total. The topological polar surface area (TPSA) is 78.9 Å². The molecule has 0 N–H and O–H groups in total. The second kappa shape index (κ2) is 8.01. The lowest BCUT2D eigenvalue weighted by Gasteiger charge is -2.46. The minimum absolute atomic E-state index is 0.142. The fourth-order valence-electron chi connectivity index (χ4n) is 5.70. The number of hydrogen-bond acceptors (Lipinski definition) is 6. The maximum absolute atomic E-state index is 13.1. The number of fused-ring (bicyclic) bond motifs is 1. The van der Waals surface area contributed by atoms with E-state index in [9.17, 15) is 14.4 Å².